The van der Waals surface area contributed by atoms with Crippen LogP contribution in [-0.2, 0) is 5.54 Å². The first-order chi connectivity index (χ1) is 15.0. The van der Waals surface area contributed by atoms with Gasteiger partial charge in [0.2, 0.25) is 0 Å². The maximum absolute atomic E-state index is 14.9. The van der Waals surface area contributed by atoms with Crippen molar-refractivity contribution >= 4 is 28.5 Å². The maximum Gasteiger partial charge on any atom is 0.253 e. The molecule has 0 spiro atoms. The molecule has 2 aromatic rings. The molecule has 4 N–H and O–H groups in total. The summed E-state index contributed by atoms with van der Waals surface area (Å²) in [6.45, 7) is 3.15. The van der Waals surface area contributed by atoms with E-state index in [-0.39, 0.29) is 34.4 Å². The summed E-state index contributed by atoms with van der Waals surface area (Å²) >= 11 is 0.777. The standard InChI is InChI=1S/C21H18F4N6S/c1-9-3-10(7-26)8-29-16(9)17(27)30-11-4-12(15(23)13(22)5-11)20(2)14-6-21(14,18(24)25)32-19(28)31-20/h3-5,8,14,18H,6H2,1-2H3,(H2,27,30)(H2,28,31)/t14-,20+,21-/m0/s1. The summed E-state index contributed by atoms with van der Waals surface area (Å²) in [6, 6.07) is 5.62. The third-order valence-corrected chi connectivity index (χ3v) is 7.21. The number of benzene rings is 1. The van der Waals surface area contributed by atoms with Crippen LogP contribution in [-0.4, -0.2) is 27.2 Å². The molecule has 1 fully saturated rings. The van der Waals surface area contributed by atoms with Crippen molar-refractivity contribution in [3.8, 4) is 6.07 Å². The predicted octanol–water partition coefficient (Wildman–Crippen LogP) is 3.88. The number of nitriles is 1. The van der Waals surface area contributed by atoms with E-state index in [4.69, 9.17) is 16.7 Å². The molecular formula is C21H18F4N6S. The Morgan fingerprint density at radius 2 is 2.06 bits per heavy atom. The Morgan fingerprint density at radius 1 is 1.34 bits per heavy atom. The van der Waals surface area contributed by atoms with Gasteiger partial charge in [-0.2, -0.15) is 5.26 Å². The van der Waals surface area contributed by atoms with Gasteiger partial charge >= 0.3 is 0 Å². The van der Waals surface area contributed by atoms with E-state index in [1.807, 2.05) is 6.07 Å². The third-order valence-electron chi connectivity index (χ3n) is 5.90. The second kappa shape index (κ2) is 7.48. The van der Waals surface area contributed by atoms with Crippen LogP contribution >= 0.6 is 11.8 Å². The van der Waals surface area contributed by atoms with Crippen molar-refractivity contribution < 1.29 is 17.6 Å². The molecule has 32 heavy (non-hydrogen) atoms. The Labute approximate surface area is 185 Å². The van der Waals surface area contributed by atoms with E-state index >= 15 is 0 Å². The summed E-state index contributed by atoms with van der Waals surface area (Å²) in [6.07, 6.45) is -1.31. The highest BCUT2D eigenvalue weighted by molar-refractivity contribution is 8.15. The zero-order chi connectivity index (χ0) is 23.4. The molecule has 1 aromatic heterocycles. The smallest absolute Gasteiger partial charge is 0.253 e. The molecule has 0 amide bonds. The predicted molar refractivity (Wildman–Crippen MR) is 114 cm³/mol. The van der Waals surface area contributed by atoms with Crippen LogP contribution in [0.2, 0.25) is 0 Å². The van der Waals surface area contributed by atoms with E-state index in [1.54, 1.807) is 13.0 Å². The molecule has 2 aliphatic rings. The molecular weight excluding hydrogens is 444 g/mol. The highest BCUT2D eigenvalue weighted by Crippen LogP contribution is 2.68. The van der Waals surface area contributed by atoms with Crippen molar-refractivity contribution in [2.75, 3.05) is 0 Å². The summed E-state index contributed by atoms with van der Waals surface area (Å²) in [4.78, 5) is 12.5. The number of nitrogens with zero attached hydrogens (tertiary/aromatic N) is 4. The van der Waals surface area contributed by atoms with Crippen LogP contribution in [0.25, 0.3) is 0 Å². The van der Waals surface area contributed by atoms with Gasteiger partial charge in [-0.3, -0.25) is 9.98 Å². The fourth-order valence-electron chi connectivity index (χ4n) is 4.21. The molecule has 0 unspecified atom stereocenters. The number of amidine groups is 2. The van der Waals surface area contributed by atoms with Gasteiger partial charge in [0.15, 0.2) is 16.8 Å². The molecule has 1 saturated carbocycles. The van der Waals surface area contributed by atoms with Crippen LogP contribution in [0.15, 0.2) is 34.4 Å². The number of rotatable bonds is 4. The summed E-state index contributed by atoms with van der Waals surface area (Å²) in [5.41, 5.74) is 11.3. The summed E-state index contributed by atoms with van der Waals surface area (Å²) in [5, 5.41) is 8.86. The van der Waals surface area contributed by atoms with Gasteiger partial charge in [-0.15, -0.1) is 0 Å². The first-order valence-electron chi connectivity index (χ1n) is 9.55. The Hall–Kier alpha value is -3.13. The summed E-state index contributed by atoms with van der Waals surface area (Å²) < 4.78 is 55.4. The minimum absolute atomic E-state index is 0.0292. The van der Waals surface area contributed by atoms with Gasteiger partial charge in [0.05, 0.1) is 21.5 Å². The molecule has 4 rings (SSSR count). The van der Waals surface area contributed by atoms with Crippen LogP contribution in [0.4, 0.5) is 23.2 Å². The van der Waals surface area contributed by atoms with E-state index in [9.17, 15) is 17.6 Å². The molecule has 0 saturated heterocycles. The lowest BCUT2D eigenvalue weighted by Gasteiger charge is -2.34. The van der Waals surface area contributed by atoms with Crippen LogP contribution in [0.3, 0.4) is 0 Å². The quantitative estimate of drug-likeness (QED) is 0.407. The number of aromatic nitrogens is 1. The Kier molecular flexibility index (Phi) is 5.16. The minimum Gasteiger partial charge on any atom is -0.382 e. The van der Waals surface area contributed by atoms with Gasteiger partial charge in [0.25, 0.3) is 6.43 Å². The number of hydrogen-bond donors (Lipinski definition) is 2. The van der Waals surface area contributed by atoms with Gasteiger partial charge < -0.3 is 11.5 Å². The molecule has 166 valence electrons. The molecule has 1 aromatic carbocycles. The maximum atomic E-state index is 14.9. The Balaban J connectivity index is 1.79. The number of thioether (sulfide) groups is 1. The lowest BCUT2D eigenvalue weighted by Crippen LogP contribution is -2.39. The van der Waals surface area contributed by atoms with Gasteiger partial charge in [0.1, 0.15) is 17.6 Å². The van der Waals surface area contributed by atoms with Crippen LogP contribution in [0.1, 0.15) is 35.7 Å². The first-order valence-corrected chi connectivity index (χ1v) is 10.4. The summed E-state index contributed by atoms with van der Waals surface area (Å²) in [5.74, 6) is -3.21. The van der Waals surface area contributed by atoms with E-state index < -0.39 is 34.3 Å². The first kappa shape index (κ1) is 22.1. The third kappa shape index (κ3) is 3.39. The largest absolute Gasteiger partial charge is 0.382 e. The number of fused-ring (bicyclic) bond motifs is 1. The lowest BCUT2D eigenvalue weighted by molar-refractivity contribution is 0.123. The minimum atomic E-state index is -2.69. The average Bonchev–Trinajstić information content (AvgIpc) is 3.47. The fraction of sp³-hybridized carbons (Fsp3) is 0.333. The van der Waals surface area contributed by atoms with E-state index in [0.717, 1.165) is 17.8 Å². The average molecular weight is 462 g/mol. The van der Waals surface area contributed by atoms with Crippen molar-refractivity contribution in [1.29, 1.82) is 5.26 Å². The molecule has 0 radical (unpaired) electrons. The zero-order valence-corrected chi connectivity index (χ0v) is 17.9. The molecule has 1 aliphatic heterocycles. The number of aryl methyl sites for hydroxylation is 1. The topological polar surface area (TPSA) is 113 Å². The normalized spacial score (nSPS) is 27.0. The van der Waals surface area contributed by atoms with Crippen molar-refractivity contribution in [2.45, 2.75) is 37.0 Å². The Morgan fingerprint density at radius 3 is 2.69 bits per heavy atom. The van der Waals surface area contributed by atoms with Crippen LogP contribution in [0, 0.1) is 35.8 Å². The highest BCUT2D eigenvalue weighted by atomic mass is 32.2. The molecule has 2 heterocycles. The molecule has 3 atom stereocenters. The van der Waals surface area contributed by atoms with Gasteiger partial charge in [0, 0.05) is 23.7 Å². The number of nitrogens with two attached hydrogens (primary N) is 2. The second-order valence-corrected chi connectivity index (χ2v) is 9.38. The summed E-state index contributed by atoms with van der Waals surface area (Å²) in [7, 11) is 0. The number of alkyl halides is 2. The Bertz CT molecular complexity index is 1220. The van der Waals surface area contributed by atoms with E-state index in [1.165, 1.54) is 19.2 Å². The van der Waals surface area contributed by atoms with Crippen molar-refractivity contribution in [2.24, 2.45) is 27.4 Å². The van der Waals surface area contributed by atoms with Crippen molar-refractivity contribution in [1.82, 2.24) is 4.98 Å². The van der Waals surface area contributed by atoms with Crippen molar-refractivity contribution in [3.05, 3.63) is 58.4 Å². The van der Waals surface area contributed by atoms with Gasteiger partial charge in [-0.05, 0) is 38.0 Å². The number of halogens is 4. The van der Waals surface area contributed by atoms with Crippen LogP contribution < -0.4 is 11.5 Å². The fourth-order valence-corrected chi connectivity index (χ4v) is 5.54. The zero-order valence-electron chi connectivity index (χ0n) is 17.0. The highest BCUT2D eigenvalue weighted by Gasteiger charge is 2.71. The monoisotopic (exact) mass is 462 g/mol. The number of hydrogen-bond acceptors (Lipinski definition) is 6. The molecule has 6 nitrogen and oxygen atoms in total. The van der Waals surface area contributed by atoms with Crippen LogP contribution in [0.5, 0.6) is 0 Å². The van der Waals surface area contributed by atoms with Crippen molar-refractivity contribution in [3.63, 3.8) is 0 Å². The lowest BCUT2D eigenvalue weighted by atomic mass is 9.85. The number of pyridine rings is 1. The van der Waals surface area contributed by atoms with E-state index in [2.05, 4.69) is 15.0 Å². The van der Waals surface area contributed by atoms with Gasteiger partial charge in [-0.25, -0.2) is 22.6 Å². The van der Waals surface area contributed by atoms with Gasteiger partial charge in [-0.1, -0.05) is 11.8 Å². The van der Waals surface area contributed by atoms with E-state index in [0.29, 0.717) is 11.1 Å². The SMILES string of the molecule is Cc1cc(C#N)cnc1C(N)=Nc1cc(F)c(F)c([C@@]2(C)N=C(N)S[C@@]3(C(F)F)C[C@@H]23)c1. The molecule has 11 heteroatoms. The number of aliphatic imine (C=N–C) groups is 2. The second-order valence-electron chi connectivity index (χ2n) is 8.00. The molecule has 1 aliphatic carbocycles. The molecule has 0 bridgehead atoms.